The van der Waals surface area contributed by atoms with Crippen molar-refractivity contribution in [3.63, 3.8) is 0 Å². The summed E-state index contributed by atoms with van der Waals surface area (Å²) in [5.74, 6) is 0.363. The second-order valence-corrected chi connectivity index (χ2v) is 6.30. The zero-order chi connectivity index (χ0) is 18.1. The van der Waals surface area contributed by atoms with Gasteiger partial charge in [0.25, 0.3) is 5.91 Å². The summed E-state index contributed by atoms with van der Waals surface area (Å²) in [6, 6.07) is 17.4. The molecule has 0 aliphatic carbocycles. The van der Waals surface area contributed by atoms with Gasteiger partial charge in [0.1, 0.15) is 5.82 Å². The number of para-hydroxylation sites is 1. The molecular weight excluding hydrogens is 324 g/mol. The van der Waals surface area contributed by atoms with Crippen LogP contribution in [0.4, 0.5) is 5.82 Å². The minimum absolute atomic E-state index is 0.196. The number of carbonyl (C=O) groups excluding carboxylic acids is 1. The molecule has 0 fully saturated rings. The number of pyridine rings is 1. The van der Waals surface area contributed by atoms with E-state index in [-0.39, 0.29) is 5.91 Å². The summed E-state index contributed by atoms with van der Waals surface area (Å²) in [7, 11) is 0. The molecule has 2 aromatic heterocycles. The lowest BCUT2D eigenvalue weighted by Gasteiger charge is -2.11. The van der Waals surface area contributed by atoms with Gasteiger partial charge in [-0.2, -0.15) is 5.10 Å². The largest absolute Gasteiger partial charge is 0.307 e. The molecule has 0 saturated carbocycles. The van der Waals surface area contributed by atoms with Crippen molar-refractivity contribution in [3.8, 4) is 11.3 Å². The molecule has 0 atom stereocenters. The Balaban J connectivity index is 1.85. The van der Waals surface area contributed by atoms with Crippen molar-refractivity contribution in [2.24, 2.45) is 0 Å². The van der Waals surface area contributed by atoms with Crippen LogP contribution < -0.4 is 5.32 Å². The molecule has 0 bridgehead atoms. The standard InChI is InChI=1S/C21H18N4O/c1-13-7-8-15(11-14(13)2)19-12-17(16-5-3-4-6-18(16)23-19)21(26)24-20-9-10-22-25-20/h3-12H,1-2H3,(H2,22,24,25,26). The first kappa shape index (κ1) is 16.0. The van der Waals surface area contributed by atoms with E-state index in [0.29, 0.717) is 11.4 Å². The number of hydrogen-bond acceptors (Lipinski definition) is 3. The average Bonchev–Trinajstić information content (AvgIpc) is 3.16. The first-order valence-electron chi connectivity index (χ1n) is 8.40. The van der Waals surface area contributed by atoms with Gasteiger partial charge in [-0.05, 0) is 43.2 Å². The average molecular weight is 342 g/mol. The van der Waals surface area contributed by atoms with Crippen LogP contribution >= 0.6 is 0 Å². The van der Waals surface area contributed by atoms with E-state index < -0.39 is 0 Å². The summed E-state index contributed by atoms with van der Waals surface area (Å²) in [6.45, 7) is 4.15. The van der Waals surface area contributed by atoms with Crippen molar-refractivity contribution in [1.29, 1.82) is 0 Å². The SMILES string of the molecule is Cc1ccc(-c2cc(C(=O)Nc3ccn[nH]3)c3ccccc3n2)cc1C. The van der Waals surface area contributed by atoms with E-state index >= 15 is 0 Å². The van der Waals surface area contributed by atoms with Gasteiger partial charge in [0.05, 0.1) is 23.0 Å². The maximum absolute atomic E-state index is 12.8. The quantitative estimate of drug-likeness (QED) is 0.576. The maximum Gasteiger partial charge on any atom is 0.257 e. The number of H-pyrrole nitrogens is 1. The number of benzene rings is 2. The van der Waals surface area contributed by atoms with Gasteiger partial charge in [0, 0.05) is 17.0 Å². The fourth-order valence-corrected chi connectivity index (χ4v) is 2.93. The van der Waals surface area contributed by atoms with Crippen molar-refractivity contribution >= 4 is 22.6 Å². The number of rotatable bonds is 3. The Kier molecular flexibility index (Phi) is 3.97. The first-order valence-corrected chi connectivity index (χ1v) is 8.40. The third-order valence-electron chi connectivity index (χ3n) is 4.51. The molecule has 0 unspecified atom stereocenters. The van der Waals surface area contributed by atoms with Crippen LogP contribution in [0.3, 0.4) is 0 Å². The van der Waals surface area contributed by atoms with E-state index in [4.69, 9.17) is 4.98 Å². The van der Waals surface area contributed by atoms with Gasteiger partial charge in [0.2, 0.25) is 0 Å². The second-order valence-electron chi connectivity index (χ2n) is 6.30. The minimum atomic E-state index is -0.196. The van der Waals surface area contributed by atoms with E-state index in [0.717, 1.165) is 22.2 Å². The molecule has 4 aromatic rings. The Hall–Kier alpha value is -3.47. The third kappa shape index (κ3) is 2.95. The van der Waals surface area contributed by atoms with Crippen LogP contribution in [0.1, 0.15) is 21.5 Å². The Labute approximate surface area is 151 Å². The maximum atomic E-state index is 12.8. The molecule has 2 aromatic carbocycles. The van der Waals surface area contributed by atoms with Crippen LogP contribution in [-0.2, 0) is 0 Å². The highest BCUT2D eigenvalue weighted by atomic mass is 16.1. The zero-order valence-electron chi connectivity index (χ0n) is 14.6. The molecule has 1 amide bonds. The number of aryl methyl sites for hydroxylation is 2. The summed E-state index contributed by atoms with van der Waals surface area (Å²) >= 11 is 0. The van der Waals surface area contributed by atoms with Crippen LogP contribution in [-0.4, -0.2) is 21.1 Å². The number of fused-ring (bicyclic) bond motifs is 1. The van der Waals surface area contributed by atoms with Gasteiger partial charge in [-0.1, -0.05) is 30.3 Å². The molecular formula is C21H18N4O. The number of amides is 1. The van der Waals surface area contributed by atoms with Gasteiger partial charge < -0.3 is 5.32 Å². The predicted molar refractivity (Wildman–Crippen MR) is 103 cm³/mol. The van der Waals surface area contributed by atoms with Crippen molar-refractivity contribution in [1.82, 2.24) is 15.2 Å². The number of hydrogen-bond donors (Lipinski definition) is 2. The Morgan fingerprint density at radius 2 is 1.85 bits per heavy atom. The van der Waals surface area contributed by atoms with E-state index in [2.05, 4.69) is 41.5 Å². The van der Waals surface area contributed by atoms with Crippen molar-refractivity contribution in [2.45, 2.75) is 13.8 Å². The number of nitrogens with one attached hydrogen (secondary N) is 2. The van der Waals surface area contributed by atoms with Crippen LogP contribution in [0.25, 0.3) is 22.2 Å². The summed E-state index contributed by atoms with van der Waals surface area (Å²) in [6.07, 6.45) is 1.60. The number of nitrogens with zero attached hydrogens (tertiary/aromatic N) is 2. The molecule has 2 heterocycles. The lowest BCUT2D eigenvalue weighted by atomic mass is 10.0. The van der Waals surface area contributed by atoms with Crippen LogP contribution in [0.2, 0.25) is 0 Å². The molecule has 26 heavy (non-hydrogen) atoms. The van der Waals surface area contributed by atoms with E-state index in [1.54, 1.807) is 12.3 Å². The van der Waals surface area contributed by atoms with E-state index in [1.807, 2.05) is 36.4 Å². The topological polar surface area (TPSA) is 70.7 Å². The molecule has 0 saturated heterocycles. The summed E-state index contributed by atoms with van der Waals surface area (Å²) in [5.41, 5.74) is 5.57. The van der Waals surface area contributed by atoms with Crippen molar-refractivity contribution in [2.75, 3.05) is 5.32 Å². The minimum Gasteiger partial charge on any atom is -0.307 e. The number of aromatic nitrogens is 3. The van der Waals surface area contributed by atoms with Crippen molar-refractivity contribution in [3.05, 3.63) is 77.5 Å². The predicted octanol–water partition coefficient (Wildman–Crippen LogP) is 4.49. The molecule has 128 valence electrons. The lowest BCUT2D eigenvalue weighted by molar-refractivity contribution is 0.102. The normalized spacial score (nSPS) is 10.8. The fraction of sp³-hybridized carbons (Fsp3) is 0.0952. The highest BCUT2D eigenvalue weighted by Gasteiger charge is 2.15. The molecule has 2 N–H and O–H groups in total. The van der Waals surface area contributed by atoms with Gasteiger partial charge in [-0.25, -0.2) is 4.98 Å². The molecule has 0 aliphatic heterocycles. The van der Waals surface area contributed by atoms with Gasteiger partial charge >= 0.3 is 0 Å². The molecule has 0 aliphatic rings. The molecule has 0 radical (unpaired) electrons. The molecule has 0 spiro atoms. The second kappa shape index (κ2) is 6.44. The zero-order valence-corrected chi connectivity index (χ0v) is 14.6. The Morgan fingerprint density at radius 3 is 2.62 bits per heavy atom. The van der Waals surface area contributed by atoms with Gasteiger partial charge in [0.15, 0.2) is 0 Å². The van der Waals surface area contributed by atoms with Crippen molar-refractivity contribution < 1.29 is 4.79 Å². The van der Waals surface area contributed by atoms with Crippen LogP contribution in [0.5, 0.6) is 0 Å². The Morgan fingerprint density at radius 1 is 1.00 bits per heavy atom. The molecule has 4 rings (SSSR count). The lowest BCUT2D eigenvalue weighted by Crippen LogP contribution is -2.13. The molecule has 5 nitrogen and oxygen atoms in total. The van der Waals surface area contributed by atoms with E-state index in [9.17, 15) is 4.79 Å². The Bertz CT molecular complexity index is 1100. The highest BCUT2D eigenvalue weighted by molar-refractivity contribution is 6.12. The number of carbonyl (C=O) groups is 1. The number of aromatic amines is 1. The number of anilines is 1. The van der Waals surface area contributed by atoms with Crippen LogP contribution in [0, 0.1) is 13.8 Å². The smallest absolute Gasteiger partial charge is 0.257 e. The van der Waals surface area contributed by atoms with Crippen LogP contribution in [0.15, 0.2) is 60.8 Å². The van der Waals surface area contributed by atoms with E-state index in [1.165, 1.54) is 11.1 Å². The summed E-state index contributed by atoms with van der Waals surface area (Å²) < 4.78 is 0. The molecule has 5 heteroatoms. The summed E-state index contributed by atoms with van der Waals surface area (Å²) in [5, 5.41) is 10.3. The highest BCUT2D eigenvalue weighted by Crippen LogP contribution is 2.26. The fourth-order valence-electron chi connectivity index (χ4n) is 2.93. The monoisotopic (exact) mass is 342 g/mol. The third-order valence-corrected chi connectivity index (χ3v) is 4.51. The van der Waals surface area contributed by atoms with Gasteiger partial charge in [-0.3, -0.25) is 9.89 Å². The summed E-state index contributed by atoms with van der Waals surface area (Å²) in [4.78, 5) is 17.6. The van der Waals surface area contributed by atoms with Gasteiger partial charge in [-0.15, -0.1) is 0 Å². The first-order chi connectivity index (χ1) is 12.6.